The lowest BCUT2D eigenvalue weighted by Gasteiger charge is -2.25. The van der Waals surface area contributed by atoms with Crippen LogP contribution in [-0.2, 0) is 24.2 Å². The number of amides is 1. The van der Waals surface area contributed by atoms with E-state index in [1.807, 2.05) is 24.4 Å². The van der Waals surface area contributed by atoms with Crippen LogP contribution in [0.15, 0.2) is 65.4 Å². The van der Waals surface area contributed by atoms with Crippen molar-refractivity contribution in [2.45, 2.75) is 19.5 Å². The summed E-state index contributed by atoms with van der Waals surface area (Å²) in [5, 5.41) is 1.18. The zero-order valence-electron chi connectivity index (χ0n) is 18.9. The van der Waals surface area contributed by atoms with Gasteiger partial charge in [0.2, 0.25) is 5.89 Å². The number of H-pyrrole nitrogens is 1. The van der Waals surface area contributed by atoms with E-state index in [9.17, 15) is 9.18 Å². The molecule has 1 aliphatic heterocycles. The second kappa shape index (κ2) is 10.2. The minimum Gasteiger partial charge on any atom is -0.447 e. The van der Waals surface area contributed by atoms with Crippen LogP contribution in [0.4, 0.5) is 4.39 Å². The SMILES string of the molecule is O=C(c1coc(CN(CCc2c[nH]c3ccccc23)Cc2ccccc2F)n1)N1CCOCC1. The molecular weight excluding hydrogens is 435 g/mol. The van der Waals surface area contributed by atoms with Crippen molar-refractivity contribution in [2.75, 3.05) is 32.8 Å². The molecule has 0 saturated carbocycles. The van der Waals surface area contributed by atoms with Gasteiger partial charge in [-0.2, -0.15) is 0 Å². The number of aromatic nitrogens is 2. The molecule has 176 valence electrons. The summed E-state index contributed by atoms with van der Waals surface area (Å²) in [5.41, 5.74) is 3.19. The van der Waals surface area contributed by atoms with Gasteiger partial charge in [0, 0.05) is 48.8 Å². The lowest BCUT2D eigenvalue weighted by molar-refractivity contribution is 0.0299. The van der Waals surface area contributed by atoms with Crippen LogP contribution >= 0.6 is 0 Å². The van der Waals surface area contributed by atoms with Crippen molar-refractivity contribution >= 4 is 16.8 Å². The van der Waals surface area contributed by atoms with E-state index < -0.39 is 0 Å². The number of halogens is 1. The van der Waals surface area contributed by atoms with Crippen molar-refractivity contribution < 1.29 is 18.3 Å². The number of hydrogen-bond acceptors (Lipinski definition) is 5. The highest BCUT2D eigenvalue weighted by atomic mass is 19.1. The molecule has 1 amide bonds. The third kappa shape index (κ3) is 5.03. The van der Waals surface area contributed by atoms with Crippen LogP contribution in [0, 0.1) is 5.82 Å². The fourth-order valence-electron chi connectivity index (χ4n) is 4.30. The fraction of sp³-hybridized carbons (Fsp3) is 0.308. The predicted molar refractivity (Wildman–Crippen MR) is 126 cm³/mol. The Labute approximate surface area is 197 Å². The first kappa shape index (κ1) is 22.3. The highest BCUT2D eigenvalue weighted by Crippen LogP contribution is 2.20. The Hall–Kier alpha value is -3.49. The summed E-state index contributed by atoms with van der Waals surface area (Å²) in [6.45, 7) is 3.60. The van der Waals surface area contributed by atoms with E-state index in [1.165, 1.54) is 23.3 Å². The number of ether oxygens (including phenoxy) is 1. The fourth-order valence-corrected chi connectivity index (χ4v) is 4.30. The summed E-state index contributed by atoms with van der Waals surface area (Å²) < 4.78 is 25.4. The summed E-state index contributed by atoms with van der Waals surface area (Å²) in [7, 11) is 0. The largest absolute Gasteiger partial charge is 0.447 e. The predicted octanol–water partition coefficient (Wildman–Crippen LogP) is 4.01. The minimum absolute atomic E-state index is 0.155. The molecule has 0 spiro atoms. The highest BCUT2D eigenvalue weighted by Gasteiger charge is 2.22. The van der Waals surface area contributed by atoms with Crippen molar-refractivity contribution in [2.24, 2.45) is 0 Å². The molecule has 0 bridgehead atoms. The molecule has 8 heteroatoms. The molecule has 1 aliphatic rings. The second-order valence-corrected chi connectivity index (χ2v) is 8.44. The molecule has 7 nitrogen and oxygen atoms in total. The topological polar surface area (TPSA) is 74.6 Å². The molecule has 2 aromatic carbocycles. The Morgan fingerprint density at radius 2 is 1.85 bits per heavy atom. The Morgan fingerprint density at radius 1 is 1.06 bits per heavy atom. The smallest absolute Gasteiger partial charge is 0.275 e. The van der Waals surface area contributed by atoms with Crippen molar-refractivity contribution in [1.82, 2.24) is 19.8 Å². The quantitative estimate of drug-likeness (QED) is 0.428. The van der Waals surface area contributed by atoms with Gasteiger partial charge in [0.15, 0.2) is 5.69 Å². The van der Waals surface area contributed by atoms with Gasteiger partial charge in [0.1, 0.15) is 12.1 Å². The standard InChI is InChI=1S/C26H27FN4O3/c27-22-7-3-1-5-20(22)16-30(10-9-19-15-28-23-8-4-2-6-21(19)23)17-25-29-24(18-34-25)26(32)31-11-13-33-14-12-31/h1-8,15,18,28H,9-14,16-17H2. The van der Waals surface area contributed by atoms with E-state index in [0.29, 0.717) is 63.1 Å². The Morgan fingerprint density at radius 3 is 2.71 bits per heavy atom. The molecule has 3 heterocycles. The van der Waals surface area contributed by atoms with Crippen molar-refractivity contribution in [3.63, 3.8) is 0 Å². The molecule has 0 aliphatic carbocycles. The van der Waals surface area contributed by atoms with Gasteiger partial charge in [-0.25, -0.2) is 9.37 Å². The number of rotatable bonds is 8. The monoisotopic (exact) mass is 462 g/mol. The van der Waals surface area contributed by atoms with Gasteiger partial charge in [-0.15, -0.1) is 0 Å². The number of aromatic amines is 1. The molecule has 0 atom stereocenters. The third-order valence-corrected chi connectivity index (χ3v) is 6.15. The van der Waals surface area contributed by atoms with E-state index >= 15 is 0 Å². The van der Waals surface area contributed by atoms with Crippen molar-refractivity contribution in [3.8, 4) is 0 Å². The number of carbonyl (C=O) groups excluding carboxylic acids is 1. The maximum Gasteiger partial charge on any atom is 0.275 e. The maximum atomic E-state index is 14.4. The Balaban J connectivity index is 1.31. The van der Waals surface area contributed by atoms with Gasteiger partial charge in [-0.3, -0.25) is 9.69 Å². The van der Waals surface area contributed by atoms with Gasteiger partial charge in [0.25, 0.3) is 5.91 Å². The van der Waals surface area contributed by atoms with Crippen LogP contribution in [0.25, 0.3) is 10.9 Å². The van der Waals surface area contributed by atoms with Crippen LogP contribution in [0.5, 0.6) is 0 Å². The summed E-state index contributed by atoms with van der Waals surface area (Å²) in [6, 6.07) is 15.0. The summed E-state index contributed by atoms with van der Waals surface area (Å²) in [5.74, 6) is 0.0415. The van der Waals surface area contributed by atoms with E-state index in [4.69, 9.17) is 9.15 Å². The van der Waals surface area contributed by atoms with Crippen LogP contribution in [0.1, 0.15) is 27.5 Å². The average Bonchev–Trinajstić information content (AvgIpc) is 3.51. The first-order chi connectivity index (χ1) is 16.7. The summed E-state index contributed by atoms with van der Waals surface area (Å²) in [6.07, 6.45) is 4.21. The lowest BCUT2D eigenvalue weighted by atomic mass is 10.1. The number of benzene rings is 2. The van der Waals surface area contributed by atoms with Crippen molar-refractivity contribution in [3.05, 3.63) is 89.5 Å². The number of oxazole rings is 1. The maximum absolute atomic E-state index is 14.4. The average molecular weight is 463 g/mol. The third-order valence-electron chi connectivity index (χ3n) is 6.15. The number of nitrogens with zero attached hydrogens (tertiary/aromatic N) is 3. The zero-order chi connectivity index (χ0) is 23.3. The van der Waals surface area contributed by atoms with E-state index in [0.717, 1.165) is 11.9 Å². The van der Waals surface area contributed by atoms with Crippen LogP contribution in [0.2, 0.25) is 0 Å². The Bertz CT molecular complexity index is 1260. The number of para-hydroxylation sites is 1. The molecule has 1 saturated heterocycles. The molecule has 0 radical (unpaired) electrons. The number of nitrogens with one attached hydrogen (secondary N) is 1. The van der Waals surface area contributed by atoms with E-state index in [2.05, 4.69) is 27.0 Å². The van der Waals surface area contributed by atoms with Crippen LogP contribution in [-0.4, -0.2) is 58.5 Å². The van der Waals surface area contributed by atoms with E-state index in [1.54, 1.807) is 17.0 Å². The molecule has 34 heavy (non-hydrogen) atoms. The lowest BCUT2D eigenvalue weighted by Crippen LogP contribution is -2.40. The van der Waals surface area contributed by atoms with Gasteiger partial charge >= 0.3 is 0 Å². The van der Waals surface area contributed by atoms with Gasteiger partial charge < -0.3 is 19.0 Å². The van der Waals surface area contributed by atoms with Crippen LogP contribution < -0.4 is 0 Å². The summed E-state index contributed by atoms with van der Waals surface area (Å²) >= 11 is 0. The first-order valence-corrected chi connectivity index (χ1v) is 11.5. The first-order valence-electron chi connectivity index (χ1n) is 11.5. The minimum atomic E-state index is -0.241. The van der Waals surface area contributed by atoms with Crippen molar-refractivity contribution in [1.29, 1.82) is 0 Å². The molecule has 2 aromatic heterocycles. The second-order valence-electron chi connectivity index (χ2n) is 8.44. The molecule has 4 aromatic rings. The molecule has 1 N–H and O–H groups in total. The van der Waals surface area contributed by atoms with E-state index in [-0.39, 0.29) is 11.7 Å². The number of morpholine rings is 1. The molecule has 5 rings (SSSR count). The number of hydrogen-bond donors (Lipinski definition) is 1. The normalized spacial score (nSPS) is 14.2. The Kier molecular flexibility index (Phi) is 6.69. The number of fused-ring (bicyclic) bond motifs is 1. The highest BCUT2D eigenvalue weighted by molar-refractivity contribution is 5.92. The zero-order valence-corrected chi connectivity index (χ0v) is 18.9. The number of carbonyl (C=O) groups is 1. The summed E-state index contributed by atoms with van der Waals surface area (Å²) in [4.78, 5) is 24.3. The molecule has 1 fully saturated rings. The van der Waals surface area contributed by atoms with Gasteiger partial charge in [0.05, 0.1) is 19.8 Å². The molecular formula is C26H27FN4O3. The molecule has 0 unspecified atom stereocenters. The van der Waals surface area contributed by atoms with Gasteiger partial charge in [-0.1, -0.05) is 36.4 Å². The van der Waals surface area contributed by atoms with Gasteiger partial charge in [-0.05, 0) is 24.1 Å². The van der Waals surface area contributed by atoms with Crippen LogP contribution in [0.3, 0.4) is 0 Å².